The fourth-order valence-electron chi connectivity index (χ4n) is 2.84. The first-order valence-electron chi connectivity index (χ1n) is 8.72. The van der Waals surface area contributed by atoms with Crippen molar-refractivity contribution in [2.45, 2.75) is 45.3 Å². The molecule has 1 N–H and O–H groups in total. The van der Waals surface area contributed by atoms with Crippen LogP contribution in [0.25, 0.3) is 0 Å². The molecule has 0 radical (unpaired) electrons. The SMILES string of the molecule is C=C(CNC(=O)c1cnn(C)c1)C(=C)[C@@H]1CCCN1C(=O)OC(C)(C)C. The lowest BCUT2D eigenvalue weighted by atomic mass is 9.99. The van der Waals surface area contributed by atoms with E-state index < -0.39 is 5.60 Å². The van der Waals surface area contributed by atoms with E-state index in [4.69, 9.17) is 4.74 Å². The lowest BCUT2D eigenvalue weighted by Gasteiger charge is -2.30. The van der Waals surface area contributed by atoms with Gasteiger partial charge in [-0.25, -0.2) is 4.79 Å². The molecule has 0 unspecified atom stereocenters. The number of hydrogen-bond acceptors (Lipinski definition) is 4. The summed E-state index contributed by atoms with van der Waals surface area (Å²) in [5, 5.41) is 6.79. The lowest BCUT2D eigenvalue weighted by Crippen LogP contribution is -2.41. The zero-order chi connectivity index (χ0) is 19.5. The van der Waals surface area contributed by atoms with Gasteiger partial charge in [0.1, 0.15) is 5.60 Å². The van der Waals surface area contributed by atoms with Gasteiger partial charge in [-0.3, -0.25) is 9.48 Å². The maximum atomic E-state index is 12.4. The predicted molar refractivity (Wildman–Crippen MR) is 99.8 cm³/mol. The monoisotopic (exact) mass is 360 g/mol. The van der Waals surface area contributed by atoms with E-state index in [1.54, 1.807) is 22.8 Å². The van der Waals surface area contributed by atoms with Crippen LogP contribution >= 0.6 is 0 Å². The van der Waals surface area contributed by atoms with Crippen molar-refractivity contribution in [3.8, 4) is 0 Å². The molecule has 1 aromatic rings. The Bertz CT molecular complexity index is 715. The highest BCUT2D eigenvalue weighted by molar-refractivity contribution is 5.93. The van der Waals surface area contributed by atoms with Gasteiger partial charge in [0.2, 0.25) is 0 Å². The van der Waals surface area contributed by atoms with Gasteiger partial charge in [-0.15, -0.1) is 0 Å². The number of ether oxygens (including phenoxy) is 1. The van der Waals surface area contributed by atoms with Crippen LogP contribution in [0.5, 0.6) is 0 Å². The Labute approximate surface area is 154 Å². The van der Waals surface area contributed by atoms with Crippen LogP contribution in [0.3, 0.4) is 0 Å². The molecule has 26 heavy (non-hydrogen) atoms. The third kappa shape index (κ3) is 4.97. The fraction of sp³-hybridized carbons (Fsp3) is 0.526. The van der Waals surface area contributed by atoms with Crippen LogP contribution in [0.4, 0.5) is 4.79 Å². The molecule has 0 spiro atoms. The first kappa shape index (κ1) is 19.8. The van der Waals surface area contributed by atoms with Crippen LogP contribution < -0.4 is 5.32 Å². The number of aryl methyl sites for hydroxylation is 1. The molecule has 1 fully saturated rings. The van der Waals surface area contributed by atoms with E-state index in [1.165, 1.54) is 6.20 Å². The van der Waals surface area contributed by atoms with Gasteiger partial charge in [-0.05, 0) is 44.8 Å². The molecule has 0 saturated carbocycles. The van der Waals surface area contributed by atoms with Crippen LogP contribution in [0.2, 0.25) is 0 Å². The minimum Gasteiger partial charge on any atom is -0.444 e. The summed E-state index contributed by atoms with van der Waals surface area (Å²) < 4.78 is 7.05. The first-order valence-corrected chi connectivity index (χ1v) is 8.72. The average Bonchev–Trinajstić information content (AvgIpc) is 3.18. The normalized spacial score (nSPS) is 17.1. The minimum absolute atomic E-state index is 0.146. The standard InChI is InChI=1S/C19H28N4O3/c1-13(10-20-17(24)15-11-21-22(6)12-15)14(2)16-8-7-9-23(16)18(25)26-19(3,4)5/h11-12,16H,1-2,7-10H2,3-6H3,(H,20,24)/t16-/m0/s1. The molecule has 2 amide bonds. The number of nitrogens with zero attached hydrogens (tertiary/aromatic N) is 3. The number of amides is 2. The number of hydrogen-bond donors (Lipinski definition) is 1. The topological polar surface area (TPSA) is 76.5 Å². The molecule has 2 heterocycles. The Hall–Kier alpha value is -2.57. The molecule has 1 aliphatic rings. The fourth-order valence-corrected chi connectivity index (χ4v) is 2.84. The summed E-state index contributed by atoms with van der Waals surface area (Å²) in [5.41, 5.74) is 1.39. The van der Waals surface area contributed by atoms with Crippen LogP contribution in [-0.2, 0) is 11.8 Å². The molecule has 142 valence electrons. The number of likely N-dealkylation sites (tertiary alicyclic amines) is 1. The van der Waals surface area contributed by atoms with Crippen LogP contribution in [0, 0.1) is 0 Å². The number of carbonyl (C=O) groups is 2. The quantitative estimate of drug-likeness (QED) is 0.819. The Morgan fingerprint density at radius 2 is 2.08 bits per heavy atom. The molecule has 7 nitrogen and oxygen atoms in total. The van der Waals surface area contributed by atoms with Gasteiger partial charge in [0.25, 0.3) is 5.91 Å². The molecule has 1 atom stereocenters. The van der Waals surface area contributed by atoms with Gasteiger partial charge in [-0.1, -0.05) is 13.2 Å². The summed E-state index contributed by atoms with van der Waals surface area (Å²) in [4.78, 5) is 26.2. The van der Waals surface area contributed by atoms with Crippen molar-refractivity contribution >= 4 is 12.0 Å². The number of aromatic nitrogens is 2. The Morgan fingerprint density at radius 1 is 1.38 bits per heavy atom. The van der Waals surface area contributed by atoms with Crippen molar-refractivity contribution in [3.63, 3.8) is 0 Å². The van der Waals surface area contributed by atoms with E-state index in [9.17, 15) is 9.59 Å². The second-order valence-electron chi connectivity index (χ2n) is 7.55. The van der Waals surface area contributed by atoms with Gasteiger partial charge in [0.15, 0.2) is 0 Å². The Balaban J connectivity index is 1.93. The van der Waals surface area contributed by atoms with E-state index >= 15 is 0 Å². The molecule has 0 bridgehead atoms. The van der Waals surface area contributed by atoms with E-state index in [0.29, 0.717) is 17.7 Å². The second-order valence-corrected chi connectivity index (χ2v) is 7.55. The van der Waals surface area contributed by atoms with Gasteiger partial charge in [0.05, 0.1) is 17.8 Å². The minimum atomic E-state index is -0.541. The summed E-state index contributed by atoms with van der Waals surface area (Å²) in [7, 11) is 1.75. The number of nitrogens with one attached hydrogen (secondary N) is 1. The van der Waals surface area contributed by atoms with Crippen molar-refractivity contribution in [1.82, 2.24) is 20.0 Å². The highest BCUT2D eigenvalue weighted by Gasteiger charge is 2.34. The zero-order valence-electron chi connectivity index (χ0n) is 16.0. The molecule has 0 aromatic carbocycles. The number of rotatable bonds is 5. The van der Waals surface area contributed by atoms with E-state index in [1.807, 2.05) is 20.8 Å². The van der Waals surface area contributed by atoms with Crippen molar-refractivity contribution < 1.29 is 14.3 Å². The van der Waals surface area contributed by atoms with Crippen molar-refractivity contribution in [2.75, 3.05) is 13.1 Å². The summed E-state index contributed by atoms with van der Waals surface area (Å²) in [6, 6.07) is -0.146. The smallest absolute Gasteiger partial charge is 0.410 e. The summed E-state index contributed by atoms with van der Waals surface area (Å²) in [6.07, 6.45) is 4.52. The van der Waals surface area contributed by atoms with Crippen molar-refractivity contribution in [1.29, 1.82) is 0 Å². The molecule has 0 aliphatic carbocycles. The third-order valence-electron chi connectivity index (χ3n) is 4.17. The zero-order valence-corrected chi connectivity index (χ0v) is 16.0. The van der Waals surface area contributed by atoms with E-state index in [-0.39, 0.29) is 24.6 Å². The van der Waals surface area contributed by atoms with Gasteiger partial charge < -0.3 is 15.0 Å². The van der Waals surface area contributed by atoms with Crippen LogP contribution in [0.15, 0.2) is 36.7 Å². The molecule has 1 aromatic heterocycles. The maximum absolute atomic E-state index is 12.4. The molecule has 1 aliphatic heterocycles. The van der Waals surface area contributed by atoms with Gasteiger partial charge >= 0.3 is 6.09 Å². The molecule has 2 rings (SSSR count). The maximum Gasteiger partial charge on any atom is 0.410 e. The number of carbonyl (C=O) groups excluding carboxylic acids is 2. The summed E-state index contributed by atoms with van der Waals surface area (Å²) in [6.45, 7) is 14.6. The first-order chi connectivity index (χ1) is 12.1. The van der Waals surface area contributed by atoms with E-state index in [2.05, 4.69) is 23.6 Å². The van der Waals surface area contributed by atoms with Crippen LogP contribution in [-0.4, -0.2) is 51.4 Å². The lowest BCUT2D eigenvalue weighted by molar-refractivity contribution is 0.0250. The predicted octanol–water partition coefficient (Wildman–Crippen LogP) is 2.66. The highest BCUT2D eigenvalue weighted by Crippen LogP contribution is 2.28. The molecular formula is C19H28N4O3. The van der Waals surface area contributed by atoms with Gasteiger partial charge in [0, 0.05) is 26.3 Å². The summed E-state index contributed by atoms with van der Waals surface area (Å²) >= 11 is 0. The molecule has 7 heteroatoms. The van der Waals surface area contributed by atoms with Gasteiger partial charge in [-0.2, -0.15) is 5.10 Å². The molecule has 1 saturated heterocycles. The highest BCUT2D eigenvalue weighted by atomic mass is 16.6. The van der Waals surface area contributed by atoms with Crippen LogP contribution in [0.1, 0.15) is 44.0 Å². The Morgan fingerprint density at radius 3 is 2.65 bits per heavy atom. The largest absolute Gasteiger partial charge is 0.444 e. The van der Waals surface area contributed by atoms with Crippen molar-refractivity contribution in [2.24, 2.45) is 7.05 Å². The Kier molecular flexibility index (Phi) is 5.90. The average molecular weight is 360 g/mol. The molecular weight excluding hydrogens is 332 g/mol. The van der Waals surface area contributed by atoms with E-state index in [0.717, 1.165) is 18.4 Å². The second kappa shape index (κ2) is 7.76. The third-order valence-corrected chi connectivity index (χ3v) is 4.17. The summed E-state index contributed by atoms with van der Waals surface area (Å²) in [5.74, 6) is -0.220. The van der Waals surface area contributed by atoms with Crippen molar-refractivity contribution in [3.05, 3.63) is 42.3 Å².